The van der Waals surface area contributed by atoms with Crippen LogP contribution < -0.4 is 5.32 Å². The quantitative estimate of drug-likeness (QED) is 0.669. The lowest BCUT2D eigenvalue weighted by molar-refractivity contribution is -0.135. The number of nitrogens with zero attached hydrogens (tertiary/aromatic N) is 1. The molecule has 0 aromatic heterocycles. The van der Waals surface area contributed by atoms with Crippen LogP contribution in [-0.2, 0) is 9.59 Å². The largest absolute Gasteiger partial charge is 0.353 e. The molecule has 1 N–H and O–H groups in total. The van der Waals surface area contributed by atoms with Crippen molar-refractivity contribution < 1.29 is 9.59 Å². The summed E-state index contributed by atoms with van der Waals surface area (Å²) in [6.45, 7) is 9.55. The number of benzene rings is 1. The lowest BCUT2D eigenvalue weighted by atomic mass is 9.94. The van der Waals surface area contributed by atoms with Gasteiger partial charge in [0.05, 0.1) is 5.25 Å². The third kappa shape index (κ3) is 6.02. The van der Waals surface area contributed by atoms with E-state index in [0.717, 1.165) is 22.2 Å². The van der Waals surface area contributed by atoms with Gasteiger partial charge in [-0.2, -0.15) is 0 Å². The van der Waals surface area contributed by atoms with Crippen LogP contribution in [-0.4, -0.2) is 41.1 Å². The third-order valence-corrected chi connectivity index (χ3v) is 6.65. The molecule has 2 atom stereocenters. The maximum absolute atomic E-state index is 12.7. The second-order valence-corrected chi connectivity index (χ2v) is 9.68. The van der Waals surface area contributed by atoms with Crippen molar-refractivity contribution in [2.75, 3.05) is 13.1 Å². The molecule has 0 bridgehead atoms. The summed E-state index contributed by atoms with van der Waals surface area (Å²) in [6.07, 6.45) is 1.50. The highest BCUT2D eigenvalue weighted by molar-refractivity contribution is 9.10. The first-order valence-electron chi connectivity index (χ1n) is 9.29. The standard InChI is InChI=1S/C20H29BrN2O2S/c1-13(2)14(3)22-19(24)16-9-11-23(12-10-16)20(25)15(4)26-18-7-5-17(21)6-8-18/h5-8,13-16H,9-12H2,1-4H3,(H,22,24). The number of hydrogen-bond acceptors (Lipinski definition) is 3. The predicted octanol–water partition coefficient (Wildman–Crippen LogP) is 4.33. The summed E-state index contributed by atoms with van der Waals surface area (Å²) in [4.78, 5) is 28.1. The molecule has 1 aliphatic heterocycles. The van der Waals surface area contributed by atoms with Gasteiger partial charge in [-0.05, 0) is 56.9 Å². The molecule has 1 heterocycles. The molecule has 0 saturated carbocycles. The van der Waals surface area contributed by atoms with E-state index in [1.165, 1.54) is 0 Å². The number of piperidine rings is 1. The van der Waals surface area contributed by atoms with Crippen LogP contribution in [0.2, 0.25) is 0 Å². The summed E-state index contributed by atoms with van der Waals surface area (Å²) in [6, 6.07) is 8.20. The molecule has 2 amide bonds. The molecular weight excluding hydrogens is 412 g/mol. The lowest BCUT2D eigenvalue weighted by Gasteiger charge is -2.33. The zero-order chi connectivity index (χ0) is 19.3. The van der Waals surface area contributed by atoms with E-state index in [9.17, 15) is 9.59 Å². The van der Waals surface area contributed by atoms with Crippen LogP contribution in [0.5, 0.6) is 0 Å². The molecule has 1 fully saturated rings. The van der Waals surface area contributed by atoms with E-state index in [-0.39, 0.29) is 29.0 Å². The first-order valence-corrected chi connectivity index (χ1v) is 11.0. The first kappa shape index (κ1) is 21.3. The van der Waals surface area contributed by atoms with Crippen LogP contribution in [0.25, 0.3) is 0 Å². The van der Waals surface area contributed by atoms with Crippen LogP contribution in [0.4, 0.5) is 0 Å². The summed E-state index contributed by atoms with van der Waals surface area (Å²) >= 11 is 5.01. The number of likely N-dealkylation sites (tertiary alicyclic amines) is 1. The predicted molar refractivity (Wildman–Crippen MR) is 111 cm³/mol. The average molecular weight is 441 g/mol. The van der Waals surface area contributed by atoms with E-state index in [0.29, 0.717) is 19.0 Å². The van der Waals surface area contributed by atoms with Gasteiger partial charge in [-0.25, -0.2) is 0 Å². The van der Waals surface area contributed by atoms with Gasteiger partial charge >= 0.3 is 0 Å². The summed E-state index contributed by atoms with van der Waals surface area (Å²) in [5.74, 6) is 0.745. The Balaban J connectivity index is 1.81. The Morgan fingerprint density at radius 2 is 1.69 bits per heavy atom. The van der Waals surface area contributed by atoms with Gasteiger partial charge in [-0.3, -0.25) is 9.59 Å². The average Bonchev–Trinajstić information content (AvgIpc) is 2.62. The molecule has 144 valence electrons. The van der Waals surface area contributed by atoms with Crippen LogP contribution in [0.1, 0.15) is 40.5 Å². The molecule has 26 heavy (non-hydrogen) atoms. The molecule has 0 radical (unpaired) electrons. The van der Waals surface area contributed by atoms with E-state index in [1.807, 2.05) is 43.0 Å². The van der Waals surface area contributed by atoms with E-state index in [1.54, 1.807) is 11.8 Å². The highest BCUT2D eigenvalue weighted by Gasteiger charge is 2.30. The molecule has 1 aliphatic rings. The Hall–Kier alpha value is -1.01. The minimum absolute atomic E-state index is 0.0229. The maximum Gasteiger partial charge on any atom is 0.235 e. The van der Waals surface area contributed by atoms with Gasteiger partial charge in [0.1, 0.15) is 0 Å². The van der Waals surface area contributed by atoms with Crippen molar-refractivity contribution >= 4 is 39.5 Å². The van der Waals surface area contributed by atoms with Gasteiger partial charge in [0.15, 0.2) is 0 Å². The molecule has 4 nitrogen and oxygen atoms in total. The molecule has 1 saturated heterocycles. The van der Waals surface area contributed by atoms with Crippen molar-refractivity contribution in [3.8, 4) is 0 Å². The fourth-order valence-electron chi connectivity index (χ4n) is 2.90. The SMILES string of the molecule is CC(Sc1ccc(Br)cc1)C(=O)N1CCC(C(=O)NC(C)C(C)C)CC1. The summed E-state index contributed by atoms with van der Waals surface area (Å²) < 4.78 is 1.04. The third-order valence-electron chi connectivity index (χ3n) is 5.02. The van der Waals surface area contributed by atoms with Crippen molar-refractivity contribution in [3.05, 3.63) is 28.7 Å². The normalized spacial score (nSPS) is 17.8. The highest BCUT2D eigenvalue weighted by Crippen LogP contribution is 2.27. The number of carbonyl (C=O) groups excluding carboxylic acids is 2. The molecule has 0 aliphatic carbocycles. The zero-order valence-electron chi connectivity index (χ0n) is 16.0. The number of rotatable bonds is 6. The maximum atomic E-state index is 12.7. The van der Waals surface area contributed by atoms with Gasteiger partial charge < -0.3 is 10.2 Å². The van der Waals surface area contributed by atoms with Crippen LogP contribution in [0, 0.1) is 11.8 Å². The molecule has 1 aromatic carbocycles. The molecule has 0 spiro atoms. The highest BCUT2D eigenvalue weighted by atomic mass is 79.9. The Morgan fingerprint density at radius 3 is 2.23 bits per heavy atom. The summed E-state index contributed by atoms with van der Waals surface area (Å²) in [5.41, 5.74) is 0. The second-order valence-electron chi connectivity index (χ2n) is 7.35. The van der Waals surface area contributed by atoms with Gasteiger partial charge in [-0.1, -0.05) is 29.8 Å². The number of carbonyl (C=O) groups is 2. The molecule has 2 rings (SSSR count). The Kier molecular flexibility index (Phi) is 8.02. The van der Waals surface area contributed by atoms with Crippen molar-refractivity contribution in [2.24, 2.45) is 11.8 Å². The fraction of sp³-hybridized carbons (Fsp3) is 0.600. The van der Waals surface area contributed by atoms with Crippen LogP contribution >= 0.6 is 27.7 Å². The smallest absolute Gasteiger partial charge is 0.235 e. The number of halogens is 1. The minimum Gasteiger partial charge on any atom is -0.353 e. The van der Waals surface area contributed by atoms with Gasteiger partial charge in [-0.15, -0.1) is 11.8 Å². The Bertz CT molecular complexity index is 613. The number of nitrogens with one attached hydrogen (secondary N) is 1. The van der Waals surface area contributed by atoms with Gasteiger partial charge in [0.2, 0.25) is 11.8 Å². The second kappa shape index (κ2) is 9.79. The fourth-order valence-corrected chi connectivity index (χ4v) is 4.11. The van der Waals surface area contributed by atoms with Crippen LogP contribution in [0.15, 0.2) is 33.6 Å². The van der Waals surface area contributed by atoms with Crippen molar-refractivity contribution in [1.82, 2.24) is 10.2 Å². The van der Waals surface area contributed by atoms with Gasteiger partial charge in [0.25, 0.3) is 0 Å². The van der Waals surface area contributed by atoms with E-state index in [4.69, 9.17) is 0 Å². The topological polar surface area (TPSA) is 49.4 Å². The molecule has 1 aromatic rings. The first-order chi connectivity index (χ1) is 12.3. The van der Waals surface area contributed by atoms with E-state index < -0.39 is 0 Å². The monoisotopic (exact) mass is 440 g/mol. The van der Waals surface area contributed by atoms with Crippen molar-refractivity contribution in [3.63, 3.8) is 0 Å². The number of hydrogen-bond donors (Lipinski definition) is 1. The lowest BCUT2D eigenvalue weighted by Crippen LogP contribution is -2.47. The van der Waals surface area contributed by atoms with Crippen LogP contribution in [0.3, 0.4) is 0 Å². The summed E-state index contributed by atoms with van der Waals surface area (Å²) in [5, 5.41) is 2.98. The zero-order valence-corrected chi connectivity index (χ0v) is 18.4. The Labute approximate surface area is 169 Å². The number of amides is 2. The van der Waals surface area contributed by atoms with E-state index in [2.05, 4.69) is 35.1 Å². The van der Waals surface area contributed by atoms with Crippen molar-refractivity contribution in [2.45, 2.75) is 56.7 Å². The minimum atomic E-state index is -0.123. The Morgan fingerprint density at radius 1 is 1.12 bits per heavy atom. The molecule has 6 heteroatoms. The summed E-state index contributed by atoms with van der Waals surface area (Å²) in [7, 11) is 0. The molecule has 2 unspecified atom stereocenters. The van der Waals surface area contributed by atoms with Gasteiger partial charge in [0, 0.05) is 34.4 Å². The van der Waals surface area contributed by atoms with E-state index >= 15 is 0 Å². The number of thioether (sulfide) groups is 1. The molecular formula is C20H29BrN2O2S. The van der Waals surface area contributed by atoms with Crippen molar-refractivity contribution in [1.29, 1.82) is 0 Å².